The van der Waals surface area contributed by atoms with Gasteiger partial charge in [0.15, 0.2) is 0 Å². The molecule has 4 rings (SSSR count). The molecule has 1 aromatic carbocycles. The second-order valence-corrected chi connectivity index (χ2v) is 7.66. The molecule has 3 heterocycles. The number of aryl methyl sites for hydroxylation is 1. The monoisotopic (exact) mass is 481 g/mol. The highest BCUT2D eigenvalue weighted by Gasteiger charge is 2.21. The van der Waals surface area contributed by atoms with Gasteiger partial charge in [0.25, 0.3) is 6.43 Å². The molecule has 0 aliphatic heterocycles. The fourth-order valence-corrected chi connectivity index (χ4v) is 3.46. The Hall–Kier alpha value is -4.28. The third-order valence-electron chi connectivity index (χ3n) is 5.06. The Kier molecular flexibility index (Phi) is 7.04. The number of alkyl halides is 2. The predicted molar refractivity (Wildman–Crippen MR) is 126 cm³/mol. The van der Waals surface area contributed by atoms with Crippen molar-refractivity contribution >= 4 is 11.9 Å². The van der Waals surface area contributed by atoms with Crippen molar-refractivity contribution in [2.75, 3.05) is 30.8 Å². The van der Waals surface area contributed by atoms with E-state index in [0.29, 0.717) is 40.6 Å². The number of halogens is 3. The van der Waals surface area contributed by atoms with Crippen LogP contribution in [-0.2, 0) is 0 Å². The maximum atomic E-state index is 13.6. The number of aromatic nitrogens is 5. The average molecular weight is 481 g/mol. The number of hydrogen-bond acceptors (Lipinski definition) is 8. The van der Waals surface area contributed by atoms with Crippen molar-refractivity contribution in [1.82, 2.24) is 24.9 Å². The summed E-state index contributed by atoms with van der Waals surface area (Å²) in [6.07, 6.45) is 0.482. The molecule has 4 aromatic rings. The number of hydrogen-bond donors (Lipinski definition) is 1. The number of anilines is 2. The van der Waals surface area contributed by atoms with Crippen LogP contribution in [0.5, 0.6) is 5.88 Å². The number of pyridine rings is 1. The van der Waals surface area contributed by atoms with E-state index in [0.717, 1.165) is 0 Å². The molecule has 0 unspecified atom stereocenters. The zero-order valence-electron chi connectivity index (χ0n) is 19.0. The molecule has 0 bridgehead atoms. The van der Waals surface area contributed by atoms with Crippen LogP contribution in [0.4, 0.5) is 25.1 Å². The Bertz CT molecular complexity index is 1300. The van der Waals surface area contributed by atoms with Crippen molar-refractivity contribution in [3.8, 4) is 28.3 Å². The van der Waals surface area contributed by atoms with Crippen LogP contribution < -0.4 is 15.4 Å². The number of rotatable bonds is 8. The summed E-state index contributed by atoms with van der Waals surface area (Å²) in [7, 11) is 1.80. The molecule has 0 amide bonds. The molecule has 11 heteroatoms. The van der Waals surface area contributed by atoms with E-state index in [9.17, 15) is 13.2 Å². The van der Waals surface area contributed by atoms with Gasteiger partial charge in [0, 0.05) is 30.7 Å². The molecule has 35 heavy (non-hydrogen) atoms. The largest absolute Gasteiger partial charge is 0.475 e. The van der Waals surface area contributed by atoms with Gasteiger partial charge in [-0.15, -0.1) is 0 Å². The van der Waals surface area contributed by atoms with Crippen molar-refractivity contribution in [2.45, 2.75) is 13.3 Å². The molecule has 0 atom stereocenters. The van der Waals surface area contributed by atoms with Crippen LogP contribution in [0.3, 0.4) is 0 Å². The summed E-state index contributed by atoms with van der Waals surface area (Å²) in [6, 6.07) is 10.2. The summed E-state index contributed by atoms with van der Waals surface area (Å²) in [5.74, 6) is 0.101. The Morgan fingerprint density at radius 1 is 1.00 bits per heavy atom. The van der Waals surface area contributed by atoms with Crippen LogP contribution >= 0.6 is 0 Å². The molecule has 0 spiro atoms. The summed E-state index contributed by atoms with van der Waals surface area (Å²) in [4.78, 5) is 22.6. The van der Waals surface area contributed by atoms with Crippen LogP contribution in [0.15, 0.2) is 54.9 Å². The normalized spacial score (nSPS) is 11.0. The van der Waals surface area contributed by atoms with Crippen molar-refractivity contribution in [3.63, 3.8) is 0 Å². The Balaban J connectivity index is 1.76. The topological polar surface area (TPSA) is 103 Å². The molecule has 0 radical (unpaired) electrons. The number of nitrogen functional groups attached to an aromatic ring is 1. The summed E-state index contributed by atoms with van der Waals surface area (Å²) < 4.78 is 46.6. The average Bonchev–Trinajstić information content (AvgIpc) is 2.84. The Morgan fingerprint density at radius 2 is 1.71 bits per heavy atom. The molecule has 0 aliphatic carbocycles. The zero-order chi connectivity index (χ0) is 24.9. The summed E-state index contributed by atoms with van der Waals surface area (Å²) in [5, 5.41) is 0. The van der Waals surface area contributed by atoms with E-state index in [-0.39, 0.29) is 18.4 Å². The first-order valence-electron chi connectivity index (χ1n) is 10.6. The molecule has 0 fully saturated rings. The van der Waals surface area contributed by atoms with Crippen LogP contribution in [0.25, 0.3) is 22.4 Å². The first-order chi connectivity index (χ1) is 16.8. The van der Waals surface area contributed by atoms with Gasteiger partial charge in [-0.25, -0.2) is 28.1 Å². The standard InChI is InChI=1S/C24H22F3N7O/c1-14-12-16(13-18(31-14)21(26)27)19-20(15-4-6-17(25)7-5-15)32-23(28)33-22(19)35-11-10-34(2)24-29-8-3-9-30-24/h3-9,12-13,21H,10-11H2,1-2H3,(H2,28,32,33). The zero-order valence-corrected chi connectivity index (χ0v) is 19.0. The predicted octanol–water partition coefficient (Wildman–Crippen LogP) is 4.48. The second-order valence-electron chi connectivity index (χ2n) is 7.66. The molecule has 2 N–H and O–H groups in total. The minimum Gasteiger partial charge on any atom is -0.475 e. The molecule has 0 aliphatic rings. The quantitative estimate of drug-likeness (QED) is 0.393. The third kappa shape index (κ3) is 5.62. The van der Waals surface area contributed by atoms with Crippen LogP contribution in [0.1, 0.15) is 17.8 Å². The van der Waals surface area contributed by atoms with Gasteiger partial charge in [-0.3, -0.25) is 4.98 Å². The smallest absolute Gasteiger partial charge is 0.280 e. The van der Waals surface area contributed by atoms with Crippen molar-refractivity contribution in [1.29, 1.82) is 0 Å². The molecule has 3 aromatic heterocycles. The lowest BCUT2D eigenvalue weighted by molar-refractivity contribution is 0.146. The third-order valence-corrected chi connectivity index (χ3v) is 5.06. The Morgan fingerprint density at radius 3 is 2.40 bits per heavy atom. The van der Waals surface area contributed by atoms with E-state index in [4.69, 9.17) is 10.5 Å². The first kappa shape index (κ1) is 23.9. The number of nitrogens with zero attached hydrogens (tertiary/aromatic N) is 6. The fourth-order valence-electron chi connectivity index (χ4n) is 3.46. The van der Waals surface area contributed by atoms with Gasteiger partial charge in [0.05, 0.1) is 17.8 Å². The summed E-state index contributed by atoms with van der Waals surface area (Å²) in [5.41, 5.74) is 7.51. The minimum atomic E-state index is -2.78. The lowest BCUT2D eigenvalue weighted by atomic mass is 9.99. The van der Waals surface area contributed by atoms with Crippen LogP contribution in [0.2, 0.25) is 0 Å². The van der Waals surface area contributed by atoms with Gasteiger partial charge in [0.2, 0.25) is 17.8 Å². The highest BCUT2D eigenvalue weighted by molar-refractivity contribution is 5.85. The summed E-state index contributed by atoms with van der Waals surface area (Å²) in [6.45, 7) is 2.17. The van der Waals surface area contributed by atoms with Gasteiger partial charge < -0.3 is 15.4 Å². The molecular weight excluding hydrogens is 459 g/mol. The van der Waals surface area contributed by atoms with Crippen molar-refractivity contribution in [2.24, 2.45) is 0 Å². The lowest BCUT2D eigenvalue weighted by Crippen LogP contribution is -2.25. The van der Waals surface area contributed by atoms with Gasteiger partial charge in [-0.05, 0) is 55.0 Å². The highest BCUT2D eigenvalue weighted by atomic mass is 19.3. The number of nitrogens with two attached hydrogens (primary N) is 1. The SMILES string of the molecule is Cc1cc(-c2c(OCCN(C)c3ncccn3)nc(N)nc2-c2ccc(F)cc2)cc(C(F)F)n1. The van der Waals surface area contributed by atoms with E-state index in [2.05, 4.69) is 24.9 Å². The van der Waals surface area contributed by atoms with Gasteiger partial charge in [-0.2, -0.15) is 4.98 Å². The van der Waals surface area contributed by atoms with Gasteiger partial charge >= 0.3 is 0 Å². The van der Waals surface area contributed by atoms with Crippen LogP contribution in [-0.4, -0.2) is 45.1 Å². The van der Waals surface area contributed by atoms with Crippen LogP contribution in [0, 0.1) is 12.7 Å². The second kappa shape index (κ2) is 10.3. The maximum Gasteiger partial charge on any atom is 0.280 e. The highest BCUT2D eigenvalue weighted by Crippen LogP contribution is 2.39. The Labute approximate surface area is 199 Å². The van der Waals surface area contributed by atoms with Crippen molar-refractivity contribution < 1.29 is 17.9 Å². The number of benzene rings is 1. The fraction of sp³-hybridized carbons (Fsp3) is 0.208. The van der Waals surface area contributed by atoms with E-state index in [1.807, 2.05) is 0 Å². The molecule has 0 saturated heterocycles. The molecule has 0 saturated carbocycles. The van der Waals surface area contributed by atoms with E-state index < -0.39 is 17.9 Å². The van der Waals surface area contributed by atoms with E-state index in [1.165, 1.54) is 30.3 Å². The molecular formula is C24H22F3N7O. The van der Waals surface area contributed by atoms with Gasteiger partial charge in [0.1, 0.15) is 18.1 Å². The van der Waals surface area contributed by atoms with E-state index >= 15 is 0 Å². The number of likely N-dealkylation sites (N-methyl/N-ethyl adjacent to an activating group) is 1. The van der Waals surface area contributed by atoms with Gasteiger partial charge in [-0.1, -0.05) is 0 Å². The molecule has 180 valence electrons. The molecule has 8 nitrogen and oxygen atoms in total. The minimum absolute atomic E-state index is 0.0808. The lowest BCUT2D eigenvalue weighted by Gasteiger charge is -2.19. The van der Waals surface area contributed by atoms with Crippen molar-refractivity contribution in [3.05, 3.63) is 72.1 Å². The summed E-state index contributed by atoms with van der Waals surface area (Å²) >= 11 is 0. The van der Waals surface area contributed by atoms with E-state index in [1.54, 1.807) is 43.4 Å². The first-order valence-corrected chi connectivity index (χ1v) is 10.6. The number of ether oxygens (including phenoxy) is 1. The maximum absolute atomic E-state index is 13.6.